The highest BCUT2D eigenvalue weighted by atomic mass is 19.4. The fraction of sp³-hybridized carbons (Fsp3) is 0.750. The van der Waals surface area contributed by atoms with Crippen molar-refractivity contribution in [2.75, 3.05) is 0 Å². The Morgan fingerprint density at radius 2 is 2.00 bits per heavy atom. The molecule has 0 spiro atoms. The van der Waals surface area contributed by atoms with E-state index in [-0.39, 0.29) is 0 Å². The Bertz CT molecular complexity index is 133. The van der Waals surface area contributed by atoms with Crippen molar-refractivity contribution >= 4 is 5.97 Å². The van der Waals surface area contributed by atoms with Crippen molar-refractivity contribution in [3.05, 3.63) is 0 Å². The third-order valence-corrected chi connectivity index (χ3v) is 0.616. The van der Waals surface area contributed by atoms with Crippen LogP contribution in [0.15, 0.2) is 0 Å². The van der Waals surface area contributed by atoms with E-state index in [2.05, 4.69) is 10.5 Å². The van der Waals surface area contributed by atoms with Gasteiger partial charge in [-0.05, 0) is 0 Å². The number of esters is 1. The number of hydrogen-bond donors (Lipinski definition) is 1. The molecule has 1 unspecified atom stereocenters. The molecule has 60 valence electrons. The molecule has 0 aromatic rings. The molecule has 1 atom stereocenters. The average molecular weight is 157 g/mol. The summed E-state index contributed by atoms with van der Waals surface area (Å²) in [5.74, 6) is -1.05. The van der Waals surface area contributed by atoms with Gasteiger partial charge >= 0.3 is 12.1 Å². The number of halogens is 3. The summed E-state index contributed by atoms with van der Waals surface area (Å²) in [5.41, 5.74) is 4.38. The molecule has 2 N–H and O–H groups in total. The van der Waals surface area contributed by atoms with E-state index in [9.17, 15) is 18.0 Å². The number of ether oxygens (including phenoxy) is 1. The van der Waals surface area contributed by atoms with Crippen LogP contribution in [0.4, 0.5) is 13.2 Å². The minimum Gasteiger partial charge on any atom is -0.437 e. The largest absolute Gasteiger partial charge is 0.439 e. The van der Waals surface area contributed by atoms with E-state index < -0.39 is 18.4 Å². The van der Waals surface area contributed by atoms with Crippen LogP contribution in [0.5, 0.6) is 0 Å². The van der Waals surface area contributed by atoms with Gasteiger partial charge in [-0.1, -0.05) is 0 Å². The summed E-state index contributed by atoms with van der Waals surface area (Å²) in [4.78, 5) is 9.90. The van der Waals surface area contributed by atoms with Gasteiger partial charge in [0.15, 0.2) is 0 Å². The topological polar surface area (TPSA) is 52.3 Å². The molecule has 0 saturated heterocycles. The zero-order valence-corrected chi connectivity index (χ0v) is 5.11. The number of carbonyl (C=O) groups excluding carboxylic acids is 1. The number of nitrogens with two attached hydrogens (primary N) is 1. The van der Waals surface area contributed by atoms with Crippen LogP contribution in [0.2, 0.25) is 0 Å². The molecular formula is C4H6F3NO2. The van der Waals surface area contributed by atoms with Crippen molar-refractivity contribution < 1.29 is 22.7 Å². The van der Waals surface area contributed by atoms with Gasteiger partial charge in [-0.15, -0.1) is 0 Å². The highest BCUT2D eigenvalue weighted by Gasteiger charge is 2.39. The predicted octanol–water partition coefficient (Wildman–Crippen LogP) is 0.397. The molecule has 0 aromatic heterocycles. The Kier molecular flexibility index (Phi) is 2.65. The van der Waals surface area contributed by atoms with Gasteiger partial charge < -0.3 is 4.74 Å². The van der Waals surface area contributed by atoms with Crippen LogP contribution in [0, 0.1) is 0 Å². The summed E-state index contributed by atoms with van der Waals surface area (Å²) in [6.45, 7) is 0.853. The molecule has 0 heterocycles. The molecule has 0 fully saturated rings. The van der Waals surface area contributed by atoms with E-state index in [4.69, 9.17) is 0 Å². The summed E-state index contributed by atoms with van der Waals surface area (Å²) in [6.07, 6.45) is -7.18. The Morgan fingerprint density at radius 3 is 2.10 bits per heavy atom. The van der Waals surface area contributed by atoms with Gasteiger partial charge in [0, 0.05) is 6.92 Å². The van der Waals surface area contributed by atoms with Crippen molar-refractivity contribution in [3.8, 4) is 0 Å². The van der Waals surface area contributed by atoms with Crippen LogP contribution in [-0.2, 0) is 9.53 Å². The molecule has 0 aromatic carbocycles. The second kappa shape index (κ2) is 2.87. The second-order valence-corrected chi connectivity index (χ2v) is 1.57. The maximum atomic E-state index is 11.4. The molecule has 0 aliphatic rings. The van der Waals surface area contributed by atoms with Gasteiger partial charge in [0.2, 0.25) is 6.23 Å². The lowest BCUT2D eigenvalue weighted by Crippen LogP contribution is -2.40. The summed E-state index contributed by atoms with van der Waals surface area (Å²) in [6, 6.07) is 0. The maximum Gasteiger partial charge on any atom is 0.439 e. The lowest BCUT2D eigenvalue weighted by atomic mass is 10.6. The van der Waals surface area contributed by atoms with E-state index in [1.807, 2.05) is 0 Å². The first-order valence-corrected chi connectivity index (χ1v) is 2.33. The van der Waals surface area contributed by atoms with E-state index in [1.54, 1.807) is 0 Å². The van der Waals surface area contributed by atoms with Gasteiger partial charge in [-0.2, -0.15) is 13.2 Å². The minimum atomic E-state index is -4.67. The zero-order valence-electron chi connectivity index (χ0n) is 5.11. The summed E-state index contributed by atoms with van der Waals surface area (Å²) >= 11 is 0. The van der Waals surface area contributed by atoms with Crippen LogP contribution in [0.25, 0.3) is 0 Å². The lowest BCUT2D eigenvalue weighted by molar-refractivity contribution is -0.218. The maximum absolute atomic E-state index is 11.4. The van der Waals surface area contributed by atoms with E-state index >= 15 is 0 Å². The highest BCUT2D eigenvalue weighted by Crippen LogP contribution is 2.18. The molecule has 0 bridgehead atoms. The third-order valence-electron chi connectivity index (χ3n) is 0.616. The van der Waals surface area contributed by atoms with Crippen molar-refractivity contribution in [1.29, 1.82) is 0 Å². The minimum absolute atomic E-state index is 0.853. The Hall–Kier alpha value is -0.780. The fourth-order valence-corrected chi connectivity index (χ4v) is 0.246. The average Bonchev–Trinajstić information content (AvgIpc) is 1.60. The van der Waals surface area contributed by atoms with Gasteiger partial charge in [0.25, 0.3) is 0 Å². The molecule has 0 saturated carbocycles. The van der Waals surface area contributed by atoms with Gasteiger partial charge in [-0.25, -0.2) is 0 Å². The molecule has 0 aliphatic carbocycles. The first kappa shape index (κ1) is 9.22. The van der Waals surface area contributed by atoms with Gasteiger partial charge in [0.05, 0.1) is 0 Å². The van der Waals surface area contributed by atoms with Crippen molar-refractivity contribution in [2.24, 2.45) is 5.73 Å². The Balaban J connectivity index is 3.85. The summed E-state index contributed by atoms with van der Waals surface area (Å²) in [7, 11) is 0. The smallest absolute Gasteiger partial charge is 0.437 e. The fourth-order valence-electron chi connectivity index (χ4n) is 0.246. The predicted molar refractivity (Wildman–Crippen MR) is 25.8 cm³/mol. The van der Waals surface area contributed by atoms with Crippen LogP contribution in [0.1, 0.15) is 6.92 Å². The number of rotatable bonds is 1. The Morgan fingerprint density at radius 1 is 1.60 bits per heavy atom. The molecule has 3 nitrogen and oxygen atoms in total. The van der Waals surface area contributed by atoms with Gasteiger partial charge in [0.1, 0.15) is 0 Å². The van der Waals surface area contributed by atoms with E-state index in [0.29, 0.717) is 0 Å². The SMILES string of the molecule is CC(=O)OC(N)C(F)(F)F. The van der Waals surface area contributed by atoms with Crippen LogP contribution < -0.4 is 5.73 Å². The molecule has 0 rings (SSSR count). The summed E-state index contributed by atoms with van der Waals surface area (Å²) < 4.78 is 37.9. The van der Waals surface area contributed by atoms with Gasteiger partial charge in [-0.3, -0.25) is 10.5 Å². The van der Waals surface area contributed by atoms with E-state index in [1.165, 1.54) is 0 Å². The first-order valence-electron chi connectivity index (χ1n) is 2.33. The number of carbonyl (C=O) groups is 1. The molecular weight excluding hydrogens is 151 g/mol. The zero-order chi connectivity index (χ0) is 8.36. The van der Waals surface area contributed by atoms with Crippen LogP contribution in [0.3, 0.4) is 0 Å². The monoisotopic (exact) mass is 157 g/mol. The van der Waals surface area contributed by atoms with Crippen LogP contribution >= 0.6 is 0 Å². The second-order valence-electron chi connectivity index (χ2n) is 1.57. The number of alkyl halides is 3. The lowest BCUT2D eigenvalue weighted by Gasteiger charge is -2.14. The molecule has 0 amide bonds. The van der Waals surface area contributed by atoms with E-state index in [0.717, 1.165) is 6.92 Å². The third kappa shape index (κ3) is 3.29. The first-order chi connectivity index (χ1) is 4.34. The van der Waals surface area contributed by atoms with Crippen molar-refractivity contribution in [2.45, 2.75) is 19.3 Å². The van der Waals surface area contributed by atoms with Crippen molar-refractivity contribution in [3.63, 3.8) is 0 Å². The quantitative estimate of drug-likeness (QED) is 0.442. The molecule has 0 aliphatic heterocycles. The highest BCUT2D eigenvalue weighted by molar-refractivity contribution is 5.66. The molecule has 0 radical (unpaired) electrons. The van der Waals surface area contributed by atoms with Crippen molar-refractivity contribution in [1.82, 2.24) is 0 Å². The molecule has 6 heteroatoms. The summed E-state index contributed by atoms with van der Waals surface area (Å²) in [5, 5.41) is 0. The Labute approximate surface area is 54.9 Å². The normalized spacial score (nSPS) is 14.5. The standard InChI is InChI=1S/C4H6F3NO2/c1-2(9)10-3(8)4(5,6)7/h3H,8H2,1H3. The van der Waals surface area contributed by atoms with Crippen LogP contribution in [-0.4, -0.2) is 18.4 Å². The number of hydrogen-bond acceptors (Lipinski definition) is 3. The molecule has 10 heavy (non-hydrogen) atoms.